The Morgan fingerprint density at radius 2 is 1.78 bits per heavy atom. The van der Waals surface area contributed by atoms with Gasteiger partial charge in [-0.2, -0.15) is 0 Å². The Hall–Kier alpha value is -2.57. The van der Waals surface area contributed by atoms with Crippen molar-refractivity contribution in [2.24, 2.45) is 0 Å². The lowest BCUT2D eigenvalue weighted by molar-refractivity contribution is 0.0894. The molecule has 2 rings (SSSR count). The number of amides is 2. The molecule has 0 saturated carbocycles. The van der Waals surface area contributed by atoms with Gasteiger partial charge in [0, 0.05) is 23.4 Å². The minimum atomic E-state index is -0.382. The second-order valence-corrected chi connectivity index (χ2v) is 6.35. The van der Waals surface area contributed by atoms with Gasteiger partial charge in [0.05, 0.1) is 25.3 Å². The normalized spacial score (nSPS) is 11.6. The molecule has 0 bridgehead atoms. The van der Waals surface area contributed by atoms with Crippen LogP contribution in [0.3, 0.4) is 0 Å². The Balaban J connectivity index is 2.22. The first kappa shape index (κ1) is 20.7. The molecule has 0 saturated heterocycles. The molecule has 0 fully saturated rings. The van der Waals surface area contributed by atoms with Gasteiger partial charge in [0.25, 0.3) is 11.8 Å². The van der Waals surface area contributed by atoms with Crippen molar-refractivity contribution in [2.45, 2.75) is 19.4 Å². The van der Waals surface area contributed by atoms with E-state index in [-0.39, 0.29) is 23.4 Å². The third-order valence-electron chi connectivity index (χ3n) is 4.00. The fourth-order valence-electron chi connectivity index (χ4n) is 2.49. The molecule has 0 heterocycles. The van der Waals surface area contributed by atoms with Gasteiger partial charge in [0.15, 0.2) is 0 Å². The Morgan fingerprint density at radius 3 is 2.37 bits per heavy atom. The molecular weight excluding hydrogens is 368 g/mol. The Bertz CT molecular complexity index is 793. The molecule has 144 valence electrons. The number of carbonyl (C=O) groups excluding carboxylic acids is 2. The predicted octanol–water partition coefficient (Wildman–Crippen LogP) is 3.76. The maximum absolute atomic E-state index is 12.7. The average Bonchev–Trinajstić information content (AvgIpc) is 2.68. The topological polar surface area (TPSA) is 76.7 Å². The lowest BCUT2D eigenvalue weighted by Crippen LogP contribution is -2.37. The molecular formula is C20H23ClN2O4. The van der Waals surface area contributed by atoms with Crippen molar-refractivity contribution >= 4 is 29.1 Å². The molecule has 0 aliphatic heterocycles. The lowest BCUT2D eigenvalue weighted by atomic mass is 10.1. The molecule has 2 N–H and O–H groups in total. The first-order valence-corrected chi connectivity index (χ1v) is 8.91. The zero-order valence-electron chi connectivity index (χ0n) is 15.5. The van der Waals surface area contributed by atoms with E-state index in [1.54, 1.807) is 43.5 Å². The summed E-state index contributed by atoms with van der Waals surface area (Å²) in [7, 11) is 3.06. The van der Waals surface area contributed by atoms with Gasteiger partial charge in [0.1, 0.15) is 5.75 Å². The number of methoxy groups -OCH3 is 2. The third kappa shape index (κ3) is 5.70. The molecule has 0 aromatic heterocycles. The maximum atomic E-state index is 12.7. The smallest absolute Gasteiger partial charge is 0.259 e. The number of nitrogens with one attached hydrogen (secondary N) is 2. The van der Waals surface area contributed by atoms with E-state index in [4.69, 9.17) is 21.1 Å². The van der Waals surface area contributed by atoms with E-state index in [9.17, 15) is 9.59 Å². The van der Waals surface area contributed by atoms with Gasteiger partial charge in [-0.15, -0.1) is 0 Å². The molecule has 1 unspecified atom stereocenters. The van der Waals surface area contributed by atoms with Crippen LogP contribution in [0.2, 0.25) is 5.02 Å². The van der Waals surface area contributed by atoms with E-state index < -0.39 is 0 Å². The van der Waals surface area contributed by atoms with Gasteiger partial charge >= 0.3 is 0 Å². The number of anilines is 1. The zero-order chi connectivity index (χ0) is 19.8. The van der Waals surface area contributed by atoms with Gasteiger partial charge in [0.2, 0.25) is 0 Å². The van der Waals surface area contributed by atoms with E-state index in [0.29, 0.717) is 28.6 Å². The quantitative estimate of drug-likeness (QED) is 0.719. The number of rotatable bonds is 8. The fourth-order valence-corrected chi connectivity index (χ4v) is 2.62. The molecule has 7 heteroatoms. The minimum absolute atomic E-state index is 0.101. The van der Waals surface area contributed by atoms with E-state index >= 15 is 0 Å². The van der Waals surface area contributed by atoms with Crippen molar-refractivity contribution in [3.63, 3.8) is 0 Å². The molecule has 1 atom stereocenters. The van der Waals surface area contributed by atoms with Crippen LogP contribution in [-0.4, -0.2) is 38.7 Å². The van der Waals surface area contributed by atoms with E-state index in [0.717, 1.165) is 6.42 Å². The molecule has 2 amide bonds. The lowest BCUT2D eigenvalue weighted by Gasteiger charge is -2.17. The summed E-state index contributed by atoms with van der Waals surface area (Å²) in [6, 6.07) is 11.4. The van der Waals surface area contributed by atoms with Crippen LogP contribution < -0.4 is 15.4 Å². The van der Waals surface area contributed by atoms with Gasteiger partial charge in [-0.3, -0.25) is 9.59 Å². The highest BCUT2D eigenvalue weighted by Gasteiger charge is 2.18. The fraction of sp³-hybridized carbons (Fsp3) is 0.300. The number of hydrogen-bond donors (Lipinski definition) is 2. The predicted molar refractivity (Wildman–Crippen MR) is 106 cm³/mol. The molecule has 0 spiro atoms. The van der Waals surface area contributed by atoms with Crippen molar-refractivity contribution in [1.29, 1.82) is 0 Å². The number of carbonyl (C=O) groups is 2. The van der Waals surface area contributed by atoms with Crippen LogP contribution in [0.1, 0.15) is 34.1 Å². The molecule has 0 radical (unpaired) electrons. The van der Waals surface area contributed by atoms with Crippen LogP contribution >= 0.6 is 11.6 Å². The summed E-state index contributed by atoms with van der Waals surface area (Å²) in [5.41, 5.74) is 1.22. The van der Waals surface area contributed by atoms with Gasteiger partial charge in [-0.1, -0.05) is 18.5 Å². The van der Waals surface area contributed by atoms with Crippen molar-refractivity contribution in [2.75, 3.05) is 26.1 Å². The number of benzene rings is 2. The van der Waals surface area contributed by atoms with Crippen LogP contribution in [-0.2, 0) is 4.74 Å². The van der Waals surface area contributed by atoms with Crippen LogP contribution in [0.25, 0.3) is 0 Å². The Kier molecular flexibility index (Phi) is 7.64. The molecule has 0 aliphatic rings. The maximum Gasteiger partial charge on any atom is 0.259 e. The summed E-state index contributed by atoms with van der Waals surface area (Å²) in [6.07, 6.45) is 0.736. The highest BCUT2D eigenvalue weighted by Crippen LogP contribution is 2.22. The van der Waals surface area contributed by atoms with E-state index in [1.165, 1.54) is 13.2 Å². The summed E-state index contributed by atoms with van der Waals surface area (Å²) in [6.45, 7) is 2.38. The first-order chi connectivity index (χ1) is 13.0. The summed E-state index contributed by atoms with van der Waals surface area (Å²) < 4.78 is 10.4. The first-order valence-electron chi connectivity index (χ1n) is 8.53. The monoisotopic (exact) mass is 390 g/mol. The van der Waals surface area contributed by atoms with Gasteiger partial charge in [-0.05, 0) is 48.9 Å². The molecule has 2 aromatic carbocycles. The molecule has 6 nitrogen and oxygen atoms in total. The third-order valence-corrected chi connectivity index (χ3v) is 4.26. The van der Waals surface area contributed by atoms with Crippen LogP contribution in [0.5, 0.6) is 5.75 Å². The Labute approximate surface area is 163 Å². The van der Waals surface area contributed by atoms with Crippen molar-refractivity contribution in [3.05, 3.63) is 58.6 Å². The van der Waals surface area contributed by atoms with Crippen molar-refractivity contribution < 1.29 is 19.1 Å². The van der Waals surface area contributed by atoms with E-state index in [2.05, 4.69) is 10.6 Å². The van der Waals surface area contributed by atoms with Gasteiger partial charge in [-0.25, -0.2) is 0 Å². The summed E-state index contributed by atoms with van der Waals surface area (Å²) in [5, 5.41) is 6.24. The summed E-state index contributed by atoms with van der Waals surface area (Å²) in [4.78, 5) is 25.2. The average molecular weight is 391 g/mol. The van der Waals surface area contributed by atoms with Crippen molar-refractivity contribution in [3.8, 4) is 5.75 Å². The standard InChI is InChI=1S/C20H23ClN2O4/c1-4-15(12-26-2)22-19(24)13-5-10-18(27-3)17(11-13)20(25)23-16-8-6-14(21)7-9-16/h5-11,15H,4,12H2,1-3H3,(H,22,24)(H,23,25). The number of halogens is 1. The number of hydrogen-bond acceptors (Lipinski definition) is 4. The van der Waals surface area contributed by atoms with Crippen LogP contribution in [0.4, 0.5) is 5.69 Å². The second-order valence-electron chi connectivity index (χ2n) is 5.91. The van der Waals surface area contributed by atoms with E-state index in [1.807, 2.05) is 6.92 Å². The summed E-state index contributed by atoms with van der Waals surface area (Å²) in [5.74, 6) is -0.281. The largest absolute Gasteiger partial charge is 0.496 e. The molecule has 2 aromatic rings. The SMILES string of the molecule is CCC(COC)NC(=O)c1ccc(OC)c(C(=O)Nc2ccc(Cl)cc2)c1. The number of ether oxygens (including phenoxy) is 2. The summed E-state index contributed by atoms with van der Waals surface area (Å²) >= 11 is 5.86. The van der Waals surface area contributed by atoms with Gasteiger partial charge < -0.3 is 20.1 Å². The zero-order valence-corrected chi connectivity index (χ0v) is 16.3. The van der Waals surface area contributed by atoms with Crippen molar-refractivity contribution in [1.82, 2.24) is 5.32 Å². The highest BCUT2D eigenvalue weighted by molar-refractivity contribution is 6.30. The highest BCUT2D eigenvalue weighted by atomic mass is 35.5. The molecule has 27 heavy (non-hydrogen) atoms. The minimum Gasteiger partial charge on any atom is -0.496 e. The second kappa shape index (κ2) is 9.94. The van der Waals surface area contributed by atoms with Crippen LogP contribution in [0.15, 0.2) is 42.5 Å². The Morgan fingerprint density at radius 1 is 1.07 bits per heavy atom. The molecule has 0 aliphatic carbocycles. The van der Waals surface area contributed by atoms with Crippen LogP contribution in [0, 0.1) is 0 Å².